The topological polar surface area (TPSA) is 66.0 Å². The van der Waals surface area contributed by atoms with Crippen LogP contribution in [0.4, 0.5) is 0 Å². The maximum Gasteiger partial charge on any atom is 0.494 e. The first kappa shape index (κ1) is 22.9. The predicted molar refractivity (Wildman–Crippen MR) is 122 cm³/mol. The van der Waals surface area contributed by atoms with Crippen LogP contribution in [0.2, 0.25) is 0 Å². The lowest BCUT2D eigenvalue weighted by Gasteiger charge is -2.32. The highest BCUT2D eigenvalue weighted by Gasteiger charge is 2.51. The second kappa shape index (κ2) is 9.16. The van der Waals surface area contributed by atoms with Gasteiger partial charge in [0, 0.05) is 12.6 Å². The number of nitrogens with one attached hydrogen (secondary N) is 1. The molecule has 2 aromatic rings. The smallest absolute Gasteiger partial charge is 0.488 e. The number of carbonyl (C=O) groups is 1. The summed E-state index contributed by atoms with van der Waals surface area (Å²) in [6.45, 7) is 8.47. The molecule has 0 aliphatic carbocycles. The molecule has 1 saturated heterocycles. The number of hydrogen-bond acceptors (Lipinski definition) is 6. The first-order valence-corrected chi connectivity index (χ1v) is 10.3. The third-order valence-corrected chi connectivity index (χ3v) is 5.77. The van der Waals surface area contributed by atoms with Crippen LogP contribution in [-0.2, 0) is 25.4 Å². The summed E-state index contributed by atoms with van der Waals surface area (Å²) in [5.74, 6) is 0.179. The van der Waals surface area contributed by atoms with E-state index in [1.807, 2.05) is 76.2 Å². The van der Waals surface area contributed by atoms with Crippen molar-refractivity contribution in [2.75, 3.05) is 14.2 Å². The van der Waals surface area contributed by atoms with Crippen molar-refractivity contribution in [1.29, 1.82) is 0 Å². The number of likely N-dealkylation sites (N-methyl/N-ethyl adjacent to an activating group) is 1. The fourth-order valence-electron chi connectivity index (χ4n) is 3.17. The van der Waals surface area contributed by atoms with Crippen LogP contribution in [0, 0.1) is 0 Å². The summed E-state index contributed by atoms with van der Waals surface area (Å²) in [7, 11) is 2.50. The number of rotatable bonds is 7. The molecule has 1 heterocycles. The molecule has 0 bridgehead atoms. The number of carbonyl (C=O) groups excluding carboxylic acids is 1. The van der Waals surface area contributed by atoms with Crippen LogP contribution in [0.1, 0.15) is 38.8 Å². The Morgan fingerprint density at radius 3 is 2.29 bits per heavy atom. The van der Waals surface area contributed by atoms with E-state index in [-0.39, 0.29) is 0 Å². The molecule has 31 heavy (non-hydrogen) atoms. The van der Waals surface area contributed by atoms with Gasteiger partial charge in [-0.15, -0.1) is 0 Å². The molecular formula is C24H30BNO5. The zero-order chi connectivity index (χ0) is 22.6. The minimum absolute atomic E-state index is 0.318. The summed E-state index contributed by atoms with van der Waals surface area (Å²) >= 11 is 0. The van der Waals surface area contributed by atoms with E-state index >= 15 is 0 Å². The van der Waals surface area contributed by atoms with E-state index in [4.69, 9.17) is 18.8 Å². The number of ether oxygens (including phenoxy) is 2. The lowest BCUT2D eigenvalue weighted by molar-refractivity contribution is -0.136. The van der Waals surface area contributed by atoms with Crippen molar-refractivity contribution in [3.05, 3.63) is 65.4 Å². The molecule has 0 aromatic heterocycles. The monoisotopic (exact) mass is 423 g/mol. The van der Waals surface area contributed by atoms with Gasteiger partial charge in [-0.1, -0.05) is 42.5 Å². The van der Waals surface area contributed by atoms with Gasteiger partial charge in [-0.3, -0.25) is 0 Å². The van der Waals surface area contributed by atoms with Crippen molar-refractivity contribution in [1.82, 2.24) is 5.32 Å². The van der Waals surface area contributed by atoms with Gasteiger partial charge in [0.1, 0.15) is 18.1 Å². The average molecular weight is 423 g/mol. The van der Waals surface area contributed by atoms with Crippen LogP contribution in [0.15, 0.2) is 54.2 Å². The molecule has 7 heteroatoms. The molecule has 0 unspecified atom stereocenters. The Labute approximate surface area is 184 Å². The van der Waals surface area contributed by atoms with Gasteiger partial charge in [-0.05, 0) is 50.9 Å². The van der Waals surface area contributed by atoms with Crippen LogP contribution in [0.3, 0.4) is 0 Å². The van der Waals surface area contributed by atoms with E-state index in [1.165, 1.54) is 7.11 Å². The Kier molecular flexibility index (Phi) is 6.77. The highest BCUT2D eigenvalue weighted by atomic mass is 16.7. The number of methoxy groups -OCH3 is 1. The van der Waals surface area contributed by atoms with E-state index in [1.54, 1.807) is 13.1 Å². The molecule has 0 amide bonds. The number of benzene rings is 2. The molecule has 1 N–H and O–H groups in total. The van der Waals surface area contributed by atoms with Gasteiger partial charge >= 0.3 is 13.1 Å². The van der Waals surface area contributed by atoms with Crippen molar-refractivity contribution in [2.24, 2.45) is 0 Å². The molecule has 164 valence electrons. The Morgan fingerprint density at radius 1 is 1.06 bits per heavy atom. The molecule has 1 aliphatic heterocycles. The van der Waals surface area contributed by atoms with E-state index in [9.17, 15) is 4.79 Å². The van der Waals surface area contributed by atoms with E-state index < -0.39 is 24.3 Å². The van der Waals surface area contributed by atoms with E-state index in [0.717, 1.165) is 16.6 Å². The summed E-state index contributed by atoms with van der Waals surface area (Å²) in [5.41, 5.74) is 2.04. The average Bonchev–Trinajstić information content (AvgIpc) is 2.98. The lowest BCUT2D eigenvalue weighted by Crippen LogP contribution is -2.41. The number of hydrogen-bond donors (Lipinski definition) is 1. The van der Waals surface area contributed by atoms with Crippen LogP contribution < -0.4 is 15.5 Å². The van der Waals surface area contributed by atoms with Gasteiger partial charge in [0.2, 0.25) is 0 Å². The Bertz CT molecular complexity index is 940. The van der Waals surface area contributed by atoms with Crippen molar-refractivity contribution in [3.8, 4) is 5.75 Å². The molecule has 0 atom stereocenters. The Morgan fingerprint density at radius 2 is 1.71 bits per heavy atom. The van der Waals surface area contributed by atoms with E-state index in [2.05, 4.69) is 5.32 Å². The summed E-state index contributed by atoms with van der Waals surface area (Å²) in [4.78, 5) is 12.1. The zero-order valence-electron chi connectivity index (χ0n) is 19.0. The number of esters is 1. The minimum Gasteiger partial charge on any atom is -0.488 e. The maximum absolute atomic E-state index is 12.1. The van der Waals surface area contributed by atoms with Gasteiger partial charge in [0.15, 0.2) is 0 Å². The summed E-state index contributed by atoms with van der Waals surface area (Å²) < 4.78 is 23.3. The van der Waals surface area contributed by atoms with Crippen LogP contribution in [-0.4, -0.2) is 38.4 Å². The maximum atomic E-state index is 12.1. The van der Waals surface area contributed by atoms with E-state index in [0.29, 0.717) is 18.1 Å². The molecule has 3 rings (SSSR count). The van der Waals surface area contributed by atoms with Crippen LogP contribution in [0.25, 0.3) is 6.08 Å². The first-order chi connectivity index (χ1) is 14.7. The fraction of sp³-hybridized carbons (Fsp3) is 0.375. The molecule has 1 fully saturated rings. The second-order valence-electron chi connectivity index (χ2n) is 8.46. The lowest BCUT2D eigenvalue weighted by atomic mass is 9.78. The molecule has 0 radical (unpaired) electrons. The minimum atomic E-state index is -0.517. The first-order valence-electron chi connectivity index (χ1n) is 10.3. The van der Waals surface area contributed by atoms with Crippen molar-refractivity contribution in [3.63, 3.8) is 0 Å². The highest BCUT2D eigenvalue weighted by molar-refractivity contribution is 6.62. The largest absolute Gasteiger partial charge is 0.494 e. The highest BCUT2D eigenvalue weighted by Crippen LogP contribution is 2.36. The second-order valence-corrected chi connectivity index (χ2v) is 8.46. The summed E-state index contributed by atoms with van der Waals surface area (Å²) in [6, 6.07) is 15.6. The van der Waals surface area contributed by atoms with Crippen molar-refractivity contribution >= 4 is 24.6 Å². The predicted octanol–water partition coefficient (Wildman–Crippen LogP) is 3.30. The molecule has 6 nitrogen and oxygen atoms in total. The van der Waals surface area contributed by atoms with Gasteiger partial charge in [0.05, 0.1) is 18.3 Å². The van der Waals surface area contributed by atoms with Gasteiger partial charge < -0.3 is 24.1 Å². The van der Waals surface area contributed by atoms with Gasteiger partial charge in [-0.25, -0.2) is 4.79 Å². The van der Waals surface area contributed by atoms with Crippen molar-refractivity contribution in [2.45, 2.75) is 45.5 Å². The zero-order valence-corrected chi connectivity index (χ0v) is 19.0. The van der Waals surface area contributed by atoms with Crippen LogP contribution in [0.5, 0.6) is 5.75 Å². The third kappa shape index (κ3) is 5.11. The Balaban J connectivity index is 1.95. The standard InChI is InChI=1S/C24H30BNO5/c1-23(2)24(3,4)31-25(30-23)19-12-13-21(29-16-17-10-8-7-9-11-17)18(14-19)15-20(26-5)22(27)28-6/h7-15,26H,16H2,1-6H3/b20-15-. The van der Waals surface area contributed by atoms with Gasteiger partial charge in [0.25, 0.3) is 0 Å². The quantitative estimate of drug-likeness (QED) is 0.419. The fourth-order valence-corrected chi connectivity index (χ4v) is 3.17. The third-order valence-electron chi connectivity index (χ3n) is 5.77. The normalized spacial score (nSPS) is 17.4. The molecule has 2 aromatic carbocycles. The Hall–Kier alpha value is -2.77. The van der Waals surface area contributed by atoms with Gasteiger partial charge in [-0.2, -0.15) is 0 Å². The molecule has 0 spiro atoms. The summed E-state index contributed by atoms with van der Waals surface area (Å²) in [6.07, 6.45) is 1.71. The molecule has 0 saturated carbocycles. The SMILES string of the molecule is CN/C(=C\c1cc(B2OC(C)(C)C(C)(C)O2)ccc1OCc1ccccc1)C(=O)OC. The molecule has 1 aliphatic rings. The van der Waals surface area contributed by atoms with Crippen LogP contribution >= 0.6 is 0 Å². The summed E-state index contributed by atoms with van der Waals surface area (Å²) in [5, 5.41) is 2.89. The van der Waals surface area contributed by atoms with Crippen molar-refractivity contribution < 1.29 is 23.6 Å². The molecular weight excluding hydrogens is 393 g/mol.